The lowest BCUT2D eigenvalue weighted by Crippen LogP contribution is -2.40. The number of methoxy groups -OCH3 is 2. The smallest absolute Gasteiger partial charge is 0.295 e. The van der Waals surface area contributed by atoms with Gasteiger partial charge in [-0.05, 0) is 30.5 Å². The van der Waals surface area contributed by atoms with E-state index in [9.17, 15) is 9.59 Å². The van der Waals surface area contributed by atoms with E-state index in [2.05, 4.69) is 27.1 Å². The quantitative estimate of drug-likeness (QED) is 0.325. The van der Waals surface area contributed by atoms with E-state index in [1.807, 2.05) is 36.4 Å². The Morgan fingerprint density at radius 2 is 1.69 bits per heavy atom. The van der Waals surface area contributed by atoms with Crippen molar-refractivity contribution in [3.05, 3.63) is 89.5 Å². The van der Waals surface area contributed by atoms with Crippen LogP contribution in [0.5, 0.6) is 11.6 Å². The summed E-state index contributed by atoms with van der Waals surface area (Å²) < 4.78 is 10.7. The number of nitrogens with one attached hydrogen (secondary N) is 1. The SMILES string of the molecule is COc1ncc(OC)c2c(C(=O)C(=O)N3CCC(=C(c4ccccc4)c4ccccn4)CC3)c[nH]c12. The Bertz CT molecular complexity index is 1390. The Kier molecular flexibility index (Phi) is 6.49. The maximum absolute atomic E-state index is 13.3. The fraction of sp³-hybridized carbons (Fsp3) is 0.214. The van der Waals surface area contributed by atoms with Gasteiger partial charge in [-0.3, -0.25) is 14.6 Å². The number of pyridine rings is 2. The maximum atomic E-state index is 13.3. The Balaban J connectivity index is 1.41. The number of piperidine rings is 1. The standard InChI is InChI=1S/C28H26N4O4/c1-35-22-17-31-27(36-2)25-24(22)20(16-30-25)26(33)28(34)32-14-11-19(12-15-32)23(18-8-4-3-5-9-18)21-10-6-7-13-29-21/h3-10,13,16-17,30H,11-12,14-15H2,1-2H3. The second-order valence-corrected chi connectivity index (χ2v) is 8.47. The molecule has 0 aliphatic carbocycles. The van der Waals surface area contributed by atoms with Crippen LogP contribution >= 0.6 is 0 Å². The van der Waals surface area contributed by atoms with Gasteiger partial charge in [0.05, 0.1) is 37.1 Å². The highest BCUT2D eigenvalue weighted by atomic mass is 16.5. The van der Waals surface area contributed by atoms with Crippen LogP contribution in [0.2, 0.25) is 0 Å². The third-order valence-corrected chi connectivity index (χ3v) is 6.48. The van der Waals surface area contributed by atoms with E-state index in [1.165, 1.54) is 32.2 Å². The summed E-state index contributed by atoms with van der Waals surface area (Å²) in [5, 5.41) is 0.488. The van der Waals surface area contributed by atoms with E-state index in [0.29, 0.717) is 48.5 Å². The molecule has 1 N–H and O–H groups in total. The van der Waals surface area contributed by atoms with Gasteiger partial charge in [-0.15, -0.1) is 0 Å². The van der Waals surface area contributed by atoms with Gasteiger partial charge in [0.2, 0.25) is 5.88 Å². The average Bonchev–Trinajstić information content (AvgIpc) is 3.39. The molecule has 0 unspecified atom stereocenters. The van der Waals surface area contributed by atoms with Crippen LogP contribution in [0.25, 0.3) is 16.5 Å². The van der Waals surface area contributed by atoms with Gasteiger partial charge in [0, 0.05) is 31.1 Å². The van der Waals surface area contributed by atoms with Crippen LogP contribution < -0.4 is 9.47 Å². The molecular weight excluding hydrogens is 456 g/mol. The molecule has 5 rings (SSSR count). The topological polar surface area (TPSA) is 97.4 Å². The Morgan fingerprint density at radius 1 is 0.944 bits per heavy atom. The molecule has 0 saturated carbocycles. The van der Waals surface area contributed by atoms with Crippen molar-refractivity contribution in [2.45, 2.75) is 12.8 Å². The number of rotatable bonds is 6. The van der Waals surface area contributed by atoms with E-state index in [4.69, 9.17) is 9.47 Å². The first-order valence-corrected chi connectivity index (χ1v) is 11.7. The lowest BCUT2D eigenvalue weighted by Gasteiger charge is -2.29. The summed E-state index contributed by atoms with van der Waals surface area (Å²) in [6, 6.07) is 16.0. The Labute approximate surface area is 208 Å². The first-order valence-electron chi connectivity index (χ1n) is 11.7. The van der Waals surface area contributed by atoms with Crippen LogP contribution in [0.15, 0.2) is 72.7 Å². The molecular formula is C28H26N4O4. The van der Waals surface area contributed by atoms with Gasteiger partial charge in [-0.2, -0.15) is 0 Å². The summed E-state index contributed by atoms with van der Waals surface area (Å²) in [5.74, 6) is -0.400. The van der Waals surface area contributed by atoms with Gasteiger partial charge >= 0.3 is 0 Å². The van der Waals surface area contributed by atoms with Crippen molar-refractivity contribution in [3.8, 4) is 11.6 Å². The zero-order valence-electron chi connectivity index (χ0n) is 20.2. The monoisotopic (exact) mass is 482 g/mol. The van der Waals surface area contributed by atoms with Crippen molar-refractivity contribution in [3.63, 3.8) is 0 Å². The van der Waals surface area contributed by atoms with Crippen LogP contribution in [0.4, 0.5) is 0 Å². The molecule has 1 fully saturated rings. The van der Waals surface area contributed by atoms with E-state index in [1.54, 1.807) is 11.1 Å². The largest absolute Gasteiger partial charge is 0.494 e. The number of aromatic amines is 1. The summed E-state index contributed by atoms with van der Waals surface area (Å²) in [4.78, 5) is 39.9. The number of carbonyl (C=O) groups is 2. The van der Waals surface area contributed by atoms with Gasteiger partial charge < -0.3 is 19.4 Å². The fourth-order valence-electron chi connectivity index (χ4n) is 4.72. The molecule has 0 atom stereocenters. The zero-order valence-corrected chi connectivity index (χ0v) is 20.2. The van der Waals surface area contributed by atoms with Gasteiger partial charge in [-0.25, -0.2) is 4.98 Å². The molecule has 4 heterocycles. The van der Waals surface area contributed by atoms with Gasteiger partial charge in [0.15, 0.2) is 0 Å². The molecule has 1 saturated heterocycles. The van der Waals surface area contributed by atoms with Crippen molar-refractivity contribution < 1.29 is 19.1 Å². The lowest BCUT2D eigenvalue weighted by molar-refractivity contribution is -0.126. The highest BCUT2D eigenvalue weighted by Gasteiger charge is 2.30. The molecule has 1 aliphatic rings. The molecule has 1 amide bonds. The van der Waals surface area contributed by atoms with E-state index < -0.39 is 11.7 Å². The van der Waals surface area contributed by atoms with Crippen molar-refractivity contribution in [2.75, 3.05) is 27.3 Å². The summed E-state index contributed by atoms with van der Waals surface area (Å²) >= 11 is 0. The summed E-state index contributed by atoms with van der Waals surface area (Å²) in [5.41, 5.74) is 5.07. The minimum absolute atomic E-state index is 0.243. The number of nitrogens with zero attached hydrogens (tertiary/aromatic N) is 3. The highest BCUT2D eigenvalue weighted by Crippen LogP contribution is 2.34. The molecule has 36 heavy (non-hydrogen) atoms. The molecule has 182 valence electrons. The molecule has 0 spiro atoms. The molecule has 3 aromatic heterocycles. The second kappa shape index (κ2) is 10.0. The van der Waals surface area contributed by atoms with Crippen molar-refractivity contribution in [1.29, 1.82) is 0 Å². The maximum Gasteiger partial charge on any atom is 0.295 e. The summed E-state index contributed by atoms with van der Waals surface area (Å²) in [6.07, 6.45) is 6.11. The van der Waals surface area contributed by atoms with Crippen LogP contribution in [0, 0.1) is 0 Å². The number of H-pyrrole nitrogens is 1. The number of hydrogen-bond donors (Lipinski definition) is 1. The number of amides is 1. The minimum Gasteiger partial charge on any atom is -0.494 e. The number of ketones is 1. The third-order valence-electron chi connectivity index (χ3n) is 6.48. The van der Waals surface area contributed by atoms with Gasteiger partial charge in [0.25, 0.3) is 11.7 Å². The van der Waals surface area contributed by atoms with Crippen LogP contribution in [0.1, 0.15) is 34.5 Å². The third kappa shape index (κ3) is 4.22. The zero-order chi connectivity index (χ0) is 25.1. The van der Waals surface area contributed by atoms with Gasteiger partial charge in [-0.1, -0.05) is 42.0 Å². The van der Waals surface area contributed by atoms with Crippen molar-refractivity contribution in [1.82, 2.24) is 19.9 Å². The first-order chi connectivity index (χ1) is 17.6. The van der Waals surface area contributed by atoms with Crippen LogP contribution in [-0.4, -0.2) is 58.9 Å². The van der Waals surface area contributed by atoms with E-state index in [-0.39, 0.29) is 5.56 Å². The molecule has 8 heteroatoms. The molecule has 1 aliphatic heterocycles. The highest BCUT2D eigenvalue weighted by molar-refractivity contribution is 6.45. The minimum atomic E-state index is -0.590. The summed E-state index contributed by atoms with van der Waals surface area (Å²) in [6.45, 7) is 0.904. The Hall–Kier alpha value is -4.46. The number of carbonyl (C=O) groups excluding carboxylic acids is 2. The normalized spacial score (nSPS) is 13.5. The number of Topliss-reactive ketones (excluding diaryl/α,β-unsaturated/α-hetero) is 1. The van der Waals surface area contributed by atoms with Crippen molar-refractivity contribution >= 4 is 28.2 Å². The number of aromatic nitrogens is 3. The van der Waals surface area contributed by atoms with Crippen LogP contribution in [-0.2, 0) is 4.79 Å². The molecule has 4 aromatic rings. The first kappa shape index (κ1) is 23.3. The van der Waals surface area contributed by atoms with E-state index in [0.717, 1.165) is 16.8 Å². The van der Waals surface area contributed by atoms with E-state index >= 15 is 0 Å². The number of fused-ring (bicyclic) bond motifs is 1. The predicted octanol–water partition coefficient (Wildman–Crippen LogP) is 4.28. The van der Waals surface area contributed by atoms with Crippen molar-refractivity contribution in [2.24, 2.45) is 0 Å². The fourth-order valence-corrected chi connectivity index (χ4v) is 4.72. The van der Waals surface area contributed by atoms with Crippen LogP contribution in [0.3, 0.4) is 0 Å². The molecule has 0 radical (unpaired) electrons. The molecule has 8 nitrogen and oxygen atoms in total. The molecule has 1 aromatic carbocycles. The lowest BCUT2D eigenvalue weighted by atomic mass is 9.90. The predicted molar refractivity (Wildman–Crippen MR) is 136 cm³/mol. The number of ether oxygens (including phenoxy) is 2. The number of hydrogen-bond acceptors (Lipinski definition) is 6. The average molecular weight is 483 g/mol. The van der Waals surface area contributed by atoms with Gasteiger partial charge in [0.1, 0.15) is 11.3 Å². The second-order valence-electron chi connectivity index (χ2n) is 8.47. The number of likely N-dealkylation sites (tertiary alicyclic amines) is 1. The summed E-state index contributed by atoms with van der Waals surface area (Å²) in [7, 11) is 2.99. The number of benzene rings is 1. The molecule has 0 bridgehead atoms. The Morgan fingerprint density at radius 3 is 2.36 bits per heavy atom.